The number of rotatable bonds is 4. The predicted molar refractivity (Wildman–Crippen MR) is 139 cm³/mol. The number of halogens is 6. The van der Waals surface area contributed by atoms with Crippen molar-refractivity contribution in [3.8, 4) is 0 Å². The maximum atomic E-state index is 13.5. The third kappa shape index (κ3) is 5.05. The third-order valence-corrected chi connectivity index (χ3v) is 9.73. The van der Waals surface area contributed by atoms with Crippen molar-refractivity contribution in [2.75, 3.05) is 10.2 Å². The zero-order valence-electron chi connectivity index (χ0n) is 21.1. The molecule has 3 amide bonds. The van der Waals surface area contributed by atoms with Crippen molar-refractivity contribution < 1.29 is 40.7 Å². The van der Waals surface area contributed by atoms with E-state index in [0.29, 0.717) is 10.9 Å². The number of alkyl halides is 6. The molecule has 0 aliphatic carbocycles. The summed E-state index contributed by atoms with van der Waals surface area (Å²) in [6.45, 7) is 2.68. The van der Waals surface area contributed by atoms with Crippen LogP contribution in [0.25, 0.3) is 0 Å². The van der Waals surface area contributed by atoms with Gasteiger partial charge in [-0.3, -0.25) is 23.7 Å². The second kappa shape index (κ2) is 9.76. The fourth-order valence-corrected chi connectivity index (χ4v) is 8.00. The molecule has 7 nitrogen and oxygen atoms in total. The Morgan fingerprint density at radius 3 is 2.17 bits per heavy atom. The lowest BCUT2D eigenvalue weighted by atomic mass is 9.76. The van der Waals surface area contributed by atoms with Gasteiger partial charge in [0.05, 0.1) is 27.8 Å². The van der Waals surface area contributed by atoms with Gasteiger partial charge in [0.25, 0.3) is 0 Å². The first-order valence-electron chi connectivity index (χ1n) is 11.9. The summed E-state index contributed by atoms with van der Waals surface area (Å²) in [5, 5.41) is 1.47. The lowest BCUT2D eigenvalue weighted by Gasteiger charge is -2.36. The van der Waals surface area contributed by atoms with Gasteiger partial charge < -0.3 is 5.32 Å². The van der Waals surface area contributed by atoms with E-state index in [1.165, 1.54) is 12.1 Å². The number of hydrogen-bond donors (Lipinski definition) is 1. The molecule has 3 aromatic rings. The summed E-state index contributed by atoms with van der Waals surface area (Å²) in [5.41, 5.74) is -3.48. The number of imide groups is 1. The minimum atomic E-state index is -4.70. The van der Waals surface area contributed by atoms with Gasteiger partial charge in [0, 0.05) is 16.0 Å². The number of aromatic nitrogens is 1. The first kappa shape index (κ1) is 28.9. The number of hydrogen-bond acceptors (Lipinski definition) is 6. The highest BCUT2D eigenvalue weighted by Gasteiger charge is 2.59. The first-order chi connectivity index (χ1) is 19.0. The lowest BCUT2D eigenvalue weighted by molar-refractivity contribution is -0.138. The average Bonchev–Trinajstić information content (AvgIpc) is 3.32. The summed E-state index contributed by atoms with van der Waals surface area (Å²) in [6.07, 6.45) is -9.33. The number of carbonyl (C=O) groups excluding carboxylic acids is 3. The van der Waals surface area contributed by atoms with E-state index in [4.69, 9.17) is 0 Å². The van der Waals surface area contributed by atoms with Crippen LogP contribution >= 0.6 is 23.1 Å². The van der Waals surface area contributed by atoms with E-state index in [1.807, 2.05) is 0 Å². The largest absolute Gasteiger partial charge is 0.416 e. The van der Waals surface area contributed by atoms with E-state index >= 15 is 0 Å². The van der Waals surface area contributed by atoms with Crippen LogP contribution in [0.4, 0.5) is 37.7 Å². The van der Waals surface area contributed by atoms with E-state index in [2.05, 4.69) is 5.32 Å². The van der Waals surface area contributed by atoms with Gasteiger partial charge in [0.1, 0.15) is 11.8 Å². The highest BCUT2D eigenvalue weighted by molar-refractivity contribution is 8.00. The van der Waals surface area contributed by atoms with Crippen LogP contribution in [0.5, 0.6) is 0 Å². The number of amides is 3. The Kier molecular flexibility index (Phi) is 6.88. The predicted octanol–water partition coefficient (Wildman–Crippen LogP) is 5.53. The molecule has 2 aliphatic rings. The number of nitrogens with one attached hydrogen (secondary N) is 1. The van der Waals surface area contributed by atoms with Crippen molar-refractivity contribution in [2.45, 2.75) is 48.4 Å². The second-order valence-electron chi connectivity index (χ2n) is 10.0. The number of thioether (sulfide) groups is 1. The maximum Gasteiger partial charge on any atom is 0.416 e. The van der Waals surface area contributed by atoms with Crippen LogP contribution in [-0.4, -0.2) is 27.5 Å². The Balaban J connectivity index is 1.44. The number of carbonyl (C=O) groups is 3. The number of fused-ring (bicyclic) bond motifs is 2. The van der Waals surface area contributed by atoms with Gasteiger partial charge in [0.2, 0.25) is 17.7 Å². The Labute approximate surface area is 236 Å². The van der Waals surface area contributed by atoms with Gasteiger partial charge in [-0.2, -0.15) is 26.3 Å². The van der Waals surface area contributed by atoms with Crippen LogP contribution in [0, 0.1) is 5.92 Å². The molecule has 0 bridgehead atoms. The van der Waals surface area contributed by atoms with Gasteiger partial charge >= 0.3 is 17.2 Å². The first-order valence-corrected chi connectivity index (χ1v) is 13.6. The fourth-order valence-electron chi connectivity index (χ4n) is 4.96. The summed E-state index contributed by atoms with van der Waals surface area (Å²) in [4.78, 5) is 53.2. The molecule has 1 fully saturated rings. The van der Waals surface area contributed by atoms with E-state index in [-0.39, 0.29) is 16.4 Å². The van der Waals surface area contributed by atoms with E-state index < -0.39 is 69.2 Å². The minimum absolute atomic E-state index is 0.136. The second-order valence-corrected chi connectivity index (χ2v) is 12.1. The minimum Gasteiger partial charge on any atom is -0.325 e. The summed E-state index contributed by atoms with van der Waals surface area (Å²) < 4.78 is 80.1. The Hall–Kier alpha value is -3.59. The maximum absolute atomic E-state index is 13.5. The molecule has 2 aromatic carbocycles. The smallest absolute Gasteiger partial charge is 0.325 e. The number of anilines is 2. The van der Waals surface area contributed by atoms with Crippen molar-refractivity contribution in [1.82, 2.24) is 4.57 Å². The molecule has 1 saturated heterocycles. The van der Waals surface area contributed by atoms with Crippen LogP contribution in [0.2, 0.25) is 0 Å². The van der Waals surface area contributed by atoms with Crippen molar-refractivity contribution >= 4 is 52.2 Å². The molecule has 41 heavy (non-hydrogen) atoms. The molecule has 0 spiro atoms. The summed E-state index contributed by atoms with van der Waals surface area (Å²) in [5.74, 6) is -3.28. The molecule has 2 unspecified atom stereocenters. The molecule has 2 aliphatic heterocycles. The van der Waals surface area contributed by atoms with Crippen molar-refractivity contribution in [1.29, 1.82) is 0 Å². The molecule has 2 atom stereocenters. The van der Waals surface area contributed by atoms with Crippen molar-refractivity contribution in [3.63, 3.8) is 0 Å². The number of thiazole rings is 1. The van der Waals surface area contributed by atoms with Gasteiger partial charge in [-0.1, -0.05) is 49.1 Å². The SMILES string of the molecule is CC1(C)c2sc(=O)n(CC(=O)Nc3cccc(C(F)(F)F)c3)c2SC2C(=O)N(c3cccc(C(F)(F)F)c3)C(=O)C21. The third-order valence-electron chi connectivity index (χ3n) is 6.91. The summed E-state index contributed by atoms with van der Waals surface area (Å²) >= 11 is 1.62. The van der Waals surface area contributed by atoms with E-state index in [9.17, 15) is 45.5 Å². The van der Waals surface area contributed by atoms with Gasteiger partial charge in [-0.25, -0.2) is 4.90 Å². The van der Waals surface area contributed by atoms with E-state index in [0.717, 1.165) is 62.9 Å². The molecule has 1 N–H and O–H groups in total. The Morgan fingerprint density at radius 1 is 0.927 bits per heavy atom. The number of benzene rings is 2. The van der Waals surface area contributed by atoms with Crippen LogP contribution in [-0.2, 0) is 38.7 Å². The number of nitrogens with zero attached hydrogens (tertiary/aromatic N) is 2. The highest BCUT2D eigenvalue weighted by atomic mass is 32.2. The molecule has 15 heteroatoms. The topological polar surface area (TPSA) is 88.5 Å². The summed E-state index contributed by atoms with van der Waals surface area (Å²) in [6, 6.07) is 7.82. The Morgan fingerprint density at radius 2 is 1.54 bits per heavy atom. The molecule has 0 saturated carbocycles. The molecule has 216 valence electrons. The van der Waals surface area contributed by atoms with Gasteiger partial charge in [-0.05, 0) is 36.4 Å². The molecular weight excluding hydrogens is 596 g/mol. The lowest BCUT2D eigenvalue weighted by Crippen LogP contribution is -2.42. The zero-order chi connectivity index (χ0) is 30.1. The van der Waals surface area contributed by atoms with Gasteiger partial charge in [-0.15, -0.1) is 0 Å². The monoisotopic (exact) mass is 615 g/mol. The standard InChI is InChI=1S/C26H19F6N3O4S2/c1-24(2)17-18(21(38)35(20(17)37)15-8-4-6-13(10-15)26(30,31)32)40-22-19(24)41-23(39)34(22)11-16(36)33-14-7-3-5-12(9-14)25(27,28)29/h3-10,17-18H,11H2,1-2H3,(H,33,36). The normalized spacial score (nSPS) is 20.1. The van der Waals surface area contributed by atoms with Crippen LogP contribution in [0.3, 0.4) is 0 Å². The van der Waals surface area contributed by atoms with E-state index in [1.54, 1.807) is 13.8 Å². The summed E-state index contributed by atoms with van der Waals surface area (Å²) in [7, 11) is 0. The van der Waals surface area contributed by atoms with Crippen LogP contribution in [0.1, 0.15) is 29.9 Å². The van der Waals surface area contributed by atoms with Crippen molar-refractivity contribution in [2.24, 2.45) is 5.92 Å². The van der Waals surface area contributed by atoms with Crippen LogP contribution < -0.4 is 15.1 Å². The van der Waals surface area contributed by atoms with Crippen LogP contribution in [0.15, 0.2) is 58.4 Å². The molecule has 0 radical (unpaired) electrons. The molecule has 1 aromatic heterocycles. The Bertz CT molecular complexity index is 1640. The molecule has 3 heterocycles. The fraction of sp³-hybridized carbons (Fsp3) is 0.308. The van der Waals surface area contributed by atoms with Gasteiger partial charge in [0.15, 0.2) is 0 Å². The quantitative estimate of drug-likeness (QED) is 0.308. The molecule has 5 rings (SSSR count). The highest BCUT2D eigenvalue weighted by Crippen LogP contribution is 2.54. The average molecular weight is 616 g/mol. The zero-order valence-corrected chi connectivity index (χ0v) is 22.7. The molecular formula is C26H19F6N3O4S2. The van der Waals surface area contributed by atoms with Crippen molar-refractivity contribution in [3.05, 3.63) is 74.2 Å².